The first-order valence-corrected chi connectivity index (χ1v) is 7.15. The molecule has 0 aliphatic rings. The first-order valence-electron chi connectivity index (χ1n) is 6.39. The van der Waals surface area contributed by atoms with Crippen LogP contribution < -0.4 is 5.32 Å². The number of carbonyl (C=O) groups is 2. The maximum absolute atomic E-state index is 14.0. The zero-order valence-corrected chi connectivity index (χ0v) is 14.0. The summed E-state index contributed by atoms with van der Waals surface area (Å²) in [4.78, 5) is 22.6. The van der Waals surface area contributed by atoms with E-state index in [1.807, 2.05) is 5.32 Å². The van der Waals surface area contributed by atoms with Crippen molar-refractivity contribution in [3.63, 3.8) is 0 Å². The van der Waals surface area contributed by atoms with Crippen LogP contribution in [0.2, 0.25) is 10.0 Å². The molecular weight excluding hydrogens is 355 g/mol. The molecule has 0 aliphatic carbocycles. The fourth-order valence-electron chi connectivity index (χ4n) is 1.67. The van der Waals surface area contributed by atoms with Crippen LogP contribution in [0, 0.1) is 0 Å². The molecule has 0 aromatic heterocycles. The molecule has 0 bridgehead atoms. The van der Waals surface area contributed by atoms with Crippen molar-refractivity contribution in [2.45, 2.75) is 38.3 Å². The Morgan fingerprint density at radius 2 is 1.65 bits per heavy atom. The monoisotopic (exact) mass is 369 g/mol. The van der Waals surface area contributed by atoms with Gasteiger partial charge in [0.2, 0.25) is 0 Å². The van der Waals surface area contributed by atoms with Crippen molar-refractivity contribution in [3.8, 4) is 0 Å². The van der Waals surface area contributed by atoms with Crippen LogP contribution in [0.4, 0.5) is 13.6 Å². The van der Waals surface area contributed by atoms with Crippen molar-refractivity contribution in [3.05, 3.63) is 33.8 Å². The molecule has 2 N–H and O–H groups in total. The SMILES string of the molecule is CC(C)(C)OC(=O)NC(c1cc(Cl)cc(Cl)c1)C(F)(F)C(=O)O. The number of hydrogen-bond acceptors (Lipinski definition) is 3. The summed E-state index contributed by atoms with van der Waals surface area (Å²) in [5, 5.41) is 10.6. The number of alkyl carbamates (subject to hydrolysis) is 1. The molecule has 1 aromatic rings. The summed E-state index contributed by atoms with van der Waals surface area (Å²) >= 11 is 11.5. The second-order valence-corrected chi connectivity index (χ2v) is 6.58. The van der Waals surface area contributed by atoms with Gasteiger partial charge in [-0.2, -0.15) is 8.78 Å². The summed E-state index contributed by atoms with van der Waals surface area (Å²) in [6.45, 7) is 4.60. The van der Waals surface area contributed by atoms with Gasteiger partial charge in [-0.25, -0.2) is 9.59 Å². The lowest BCUT2D eigenvalue weighted by atomic mass is 10.0. The number of benzene rings is 1. The average Bonchev–Trinajstić information content (AvgIpc) is 2.32. The maximum Gasteiger partial charge on any atom is 0.408 e. The predicted octanol–water partition coefficient (Wildman–Crippen LogP) is 4.28. The molecule has 0 saturated carbocycles. The maximum atomic E-state index is 14.0. The minimum absolute atomic E-state index is 0.0182. The largest absolute Gasteiger partial charge is 0.477 e. The fraction of sp³-hybridized carbons (Fsp3) is 0.429. The molecule has 0 fully saturated rings. The number of hydrogen-bond donors (Lipinski definition) is 2. The van der Waals surface area contributed by atoms with E-state index < -0.39 is 29.6 Å². The highest BCUT2D eigenvalue weighted by atomic mass is 35.5. The van der Waals surface area contributed by atoms with Crippen molar-refractivity contribution in [2.75, 3.05) is 0 Å². The van der Waals surface area contributed by atoms with Gasteiger partial charge >= 0.3 is 18.0 Å². The highest BCUT2D eigenvalue weighted by Crippen LogP contribution is 2.34. The lowest BCUT2D eigenvalue weighted by Gasteiger charge is -2.27. The van der Waals surface area contributed by atoms with Gasteiger partial charge in [-0.3, -0.25) is 0 Å². The van der Waals surface area contributed by atoms with Crippen LogP contribution in [0.25, 0.3) is 0 Å². The van der Waals surface area contributed by atoms with Gasteiger partial charge in [0.1, 0.15) is 11.6 Å². The molecule has 0 saturated heterocycles. The van der Waals surface area contributed by atoms with Gasteiger partial charge in [-0.05, 0) is 44.5 Å². The Labute approximate surface area is 141 Å². The van der Waals surface area contributed by atoms with Gasteiger partial charge in [0.05, 0.1) is 0 Å². The number of carboxylic acid groups (broad SMARTS) is 1. The van der Waals surface area contributed by atoms with Gasteiger partial charge in [0.25, 0.3) is 0 Å². The molecule has 1 rings (SSSR count). The fourth-order valence-corrected chi connectivity index (χ4v) is 2.22. The molecular formula is C14H15Cl2F2NO4. The Morgan fingerprint density at radius 3 is 2.04 bits per heavy atom. The third kappa shape index (κ3) is 5.51. The van der Waals surface area contributed by atoms with E-state index in [2.05, 4.69) is 0 Å². The van der Waals surface area contributed by atoms with Gasteiger partial charge in [0.15, 0.2) is 0 Å². The van der Waals surface area contributed by atoms with Crippen molar-refractivity contribution in [1.29, 1.82) is 0 Å². The lowest BCUT2D eigenvalue weighted by molar-refractivity contribution is -0.169. The van der Waals surface area contributed by atoms with E-state index in [0.29, 0.717) is 0 Å². The normalized spacial score (nSPS) is 13.3. The van der Waals surface area contributed by atoms with Crippen LogP contribution in [0.15, 0.2) is 18.2 Å². The van der Waals surface area contributed by atoms with Gasteiger partial charge in [-0.1, -0.05) is 23.2 Å². The van der Waals surface area contributed by atoms with Crippen LogP contribution in [-0.2, 0) is 9.53 Å². The second-order valence-electron chi connectivity index (χ2n) is 5.71. The number of ether oxygens (including phenoxy) is 1. The first kappa shape index (κ1) is 19.4. The molecule has 0 radical (unpaired) electrons. The minimum Gasteiger partial charge on any atom is -0.477 e. The summed E-state index contributed by atoms with van der Waals surface area (Å²) < 4.78 is 32.9. The highest BCUT2D eigenvalue weighted by Gasteiger charge is 2.50. The third-order valence-corrected chi connectivity index (χ3v) is 2.96. The van der Waals surface area contributed by atoms with Crippen LogP contribution in [0.3, 0.4) is 0 Å². The molecule has 1 amide bonds. The molecule has 0 aliphatic heterocycles. The van der Waals surface area contributed by atoms with Crippen LogP contribution in [0.1, 0.15) is 32.4 Å². The number of alkyl halides is 2. The molecule has 128 valence electrons. The molecule has 1 unspecified atom stereocenters. The quantitative estimate of drug-likeness (QED) is 0.830. The molecule has 0 heterocycles. The molecule has 1 atom stereocenters. The molecule has 1 aromatic carbocycles. The van der Waals surface area contributed by atoms with Gasteiger partial charge < -0.3 is 15.2 Å². The van der Waals surface area contributed by atoms with Gasteiger partial charge in [-0.15, -0.1) is 0 Å². The van der Waals surface area contributed by atoms with E-state index >= 15 is 0 Å². The first-order chi connectivity index (χ1) is 10.3. The Balaban J connectivity index is 3.23. The summed E-state index contributed by atoms with van der Waals surface area (Å²) in [5.74, 6) is -6.71. The number of rotatable bonds is 4. The molecule has 0 spiro atoms. The number of halogens is 4. The topological polar surface area (TPSA) is 75.6 Å². The van der Waals surface area contributed by atoms with E-state index in [4.69, 9.17) is 33.0 Å². The molecule has 5 nitrogen and oxygen atoms in total. The lowest BCUT2D eigenvalue weighted by Crippen LogP contribution is -2.46. The van der Waals surface area contributed by atoms with Crippen LogP contribution >= 0.6 is 23.2 Å². The van der Waals surface area contributed by atoms with Crippen molar-refractivity contribution >= 4 is 35.3 Å². The zero-order valence-electron chi connectivity index (χ0n) is 12.5. The van der Waals surface area contributed by atoms with Gasteiger partial charge in [0, 0.05) is 10.0 Å². The smallest absolute Gasteiger partial charge is 0.408 e. The Morgan fingerprint density at radius 1 is 1.17 bits per heavy atom. The minimum atomic E-state index is -4.30. The van der Waals surface area contributed by atoms with Crippen molar-refractivity contribution in [1.82, 2.24) is 5.32 Å². The number of amides is 1. The third-order valence-electron chi connectivity index (χ3n) is 2.53. The Bertz CT molecular complexity index is 597. The highest BCUT2D eigenvalue weighted by molar-refractivity contribution is 6.34. The van der Waals surface area contributed by atoms with Crippen molar-refractivity contribution < 1.29 is 28.2 Å². The number of carboxylic acids is 1. The Kier molecular flexibility index (Phi) is 5.82. The summed E-state index contributed by atoms with van der Waals surface area (Å²) in [6, 6.07) is 1.26. The Hall–Kier alpha value is -1.60. The van der Waals surface area contributed by atoms with E-state index in [1.54, 1.807) is 0 Å². The number of aliphatic carboxylic acids is 1. The standard InChI is InChI=1S/C14H15Cl2F2NO4/c1-13(2,3)23-12(22)19-10(14(17,18)11(20)21)7-4-8(15)6-9(16)5-7/h4-6,10H,1-3H3,(H,19,22)(H,20,21). The summed E-state index contributed by atoms with van der Waals surface area (Å²) in [6.07, 6.45) is -1.19. The number of carbonyl (C=O) groups excluding carboxylic acids is 1. The molecule has 9 heteroatoms. The van der Waals surface area contributed by atoms with Crippen LogP contribution in [0.5, 0.6) is 0 Å². The van der Waals surface area contributed by atoms with Crippen molar-refractivity contribution in [2.24, 2.45) is 0 Å². The molecule has 23 heavy (non-hydrogen) atoms. The van der Waals surface area contributed by atoms with E-state index in [1.165, 1.54) is 26.8 Å². The number of nitrogens with one attached hydrogen (secondary N) is 1. The van der Waals surface area contributed by atoms with E-state index in [9.17, 15) is 18.4 Å². The van der Waals surface area contributed by atoms with E-state index in [-0.39, 0.29) is 15.6 Å². The average molecular weight is 370 g/mol. The second kappa shape index (κ2) is 6.88. The van der Waals surface area contributed by atoms with E-state index in [0.717, 1.165) is 12.1 Å². The predicted molar refractivity (Wildman–Crippen MR) is 81.2 cm³/mol. The summed E-state index contributed by atoms with van der Waals surface area (Å²) in [7, 11) is 0. The zero-order chi connectivity index (χ0) is 18.0. The van der Waals surface area contributed by atoms with Crippen LogP contribution in [-0.4, -0.2) is 28.7 Å². The summed E-state index contributed by atoms with van der Waals surface area (Å²) in [5.41, 5.74) is -1.21.